The van der Waals surface area contributed by atoms with Gasteiger partial charge >= 0.3 is 17.3 Å². The van der Waals surface area contributed by atoms with Crippen LogP contribution in [0, 0.1) is 11.6 Å². The Balaban J connectivity index is 1.06. The molecule has 7 rings (SSSR count). The van der Waals surface area contributed by atoms with Crippen LogP contribution in [0.5, 0.6) is 0 Å². The topological polar surface area (TPSA) is 134 Å². The van der Waals surface area contributed by atoms with Gasteiger partial charge in [-0.15, -0.1) is 0 Å². The van der Waals surface area contributed by atoms with E-state index in [1.807, 2.05) is 53.6 Å². The van der Waals surface area contributed by atoms with Gasteiger partial charge in [-0.3, -0.25) is 4.98 Å². The predicted octanol–water partition coefficient (Wildman–Crippen LogP) is 4.06. The van der Waals surface area contributed by atoms with Crippen molar-refractivity contribution in [2.45, 2.75) is 18.4 Å². The van der Waals surface area contributed by atoms with E-state index in [9.17, 15) is 18.4 Å². The summed E-state index contributed by atoms with van der Waals surface area (Å²) < 4.78 is 63.1. The first-order valence-electron chi connectivity index (χ1n) is 15.2. The molecule has 1 saturated heterocycles. The van der Waals surface area contributed by atoms with Crippen molar-refractivity contribution in [1.29, 1.82) is 0 Å². The number of rotatable bonds is 8. The quantitative estimate of drug-likeness (QED) is 0.232. The molecule has 0 saturated carbocycles. The van der Waals surface area contributed by atoms with E-state index in [1.54, 1.807) is 0 Å². The van der Waals surface area contributed by atoms with Crippen molar-refractivity contribution in [3.8, 4) is 16.8 Å². The number of hydrogen-bond acceptors (Lipinski definition) is 8. The molecule has 0 radical (unpaired) electrons. The average molecular weight is 673 g/mol. The van der Waals surface area contributed by atoms with Gasteiger partial charge in [0.1, 0.15) is 23.7 Å². The number of benzene rings is 3. The Morgan fingerprint density at radius 2 is 1.35 bits per heavy atom. The first-order valence-corrected chi connectivity index (χ1v) is 15.2. The fourth-order valence-corrected chi connectivity index (χ4v) is 6.13. The minimum atomic E-state index is -4.00. The summed E-state index contributed by atoms with van der Waals surface area (Å²) in [5.74, 6) is -6.25. The van der Waals surface area contributed by atoms with Gasteiger partial charge in [-0.2, -0.15) is 18.6 Å². The number of pyridine rings is 1. The Kier molecular flexibility index (Phi) is 7.84. The van der Waals surface area contributed by atoms with E-state index >= 15 is 8.78 Å². The molecule has 0 spiro atoms. The number of nitrogens with one attached hydrogen (secondary N) is 2. The van der Waals surface area contributed by atoms with Gasteiger partial charge in [-0.05, 0) is 71.4 Å². The zero-order valence-corrected chi connectivity index (χ0v) is 25.9. The number of anilines is 2. The molecule has 16 heteroatoms. The fraction of sp³-hybridized carbons (Fsp3) is 0.212. The molecule has 1 atom stereocenters. The lowest BCUT2D eigenvalue weighted by Gasteiger charge is -2.37. The minimum Gasteiger partial charge on any atom is -0.368 e. The summed E-state index contributed by atoms with van der Waals surface area (Å²) >= 11 is 0. The molecule has 12 nitrogen and oxygen atoms in total. The number of halogens is 4. The van der Waals surface area contributed by atoms with Crippen LogP contribution in [0.1, 0.15) is 18.2 Å². The van der Waals surface area contributed by atoms with Crippen LogP contribution in [0.15, 0.2) is 101 Å². The Bertz CT molecular complexity index is 2200. The van der Waals surface area contributed by atoms with Gasteiger partial charge in [-0.25, -0.2) is 33.1 Å². The molecular weight excluding hydrogens is 644 g/mol. The standard InChI is InChI=1S/C33H28F4N10O2/c1-32(47-31(49)41-42-43-47,27-12-5-23(34)18-28(27)35)33(36,37)29-13-4-22(19-38-29)21-2-6-24(7-3-21)44-14-16-45(17-15-44)25-8-10-26(11-9-25)46-20-39-40-30(46)48/h2-13,18-20H,14-17H2,1H3,(H,40,48)(H,41,43,49)/t32-/m1/s1. The van der Waals surface area contributed by atoms with Crippen LogP contribution >= 0.6 is 0 Å². The largest absolute Gasteiger partial charge is 0.368 e. The summed E-state index contributed by atoms with van der Waals surface area (Å²) in [4.78, 5) is 32.8. The maximum Gasteiger partial charge on any atom is 0.362 e. The number of hydrogen-bond donors (Lipinski definition) is 2. The third kappa shape index (κ3) is 5.54. The third-order valence-electron chi connectivity index (χ3n) is 8.94. The van der Waals surface area contributed by atoms with Crippen molar-refractivity contribution in [3.63, 3.8) is 0 Å². The van der Waals surface area contributed by atoms with E-state index < -0.39 is 40.0 Å². The molecule has 6 aromatic rings. The molecule has 2 N–H and O–H groups in total. The van der Waals surface area contributed by atoms with E-state index in [4.69, 9.17) is 0 Å². The summed E-state index contributed by atoms with van der Waals surface area (Å²) in [7, 11) is 0. The molecule has 250 valence electrons. The van der Waals surface area contributed by atoms with Crippen LogP contribution in [-0.2, 0) is 11.5 Å². The normalized spacial score (nSPS) is 15.0. The molecule has 49 heavy (non-hydrogen) atoms. The van der Waals surface area contributed by atoms with Crippen molar-refractivity contribution < 1.29 is 17.6 Å². The summed E-state index contributed by atoms with van der Waals surface area (Å²) in [5.41, 5.74) is -1.51. The summed E-state index contributed by atoms with van der Waals surface area (Å²) in [6.45, 7) is 4.04. The molecule has 4 heterocycles. The zero-order valence-electron chi connectivity index (χ0n) is 25.9. The number of alkyl halides is 2. The fourth-order valence-electron chi connectivity index (χ4n) is 6.13. The molecule has 0 unspecified atom stereocenters. The van der Waals surface area contributed by atoms with Crippen LogP contribution in [0.4, 0.5) is 28.9 Å². The maximum atomic E-state index is 16.3. The van der Waals surface area contributed by atoms with Gasteiger partial charge in [-0.1, -0.05) is 24.3 Å². The molecular formula is C33H28F4N10O2. The van der Waals surface area contributed by atoms with Gasteiger partial charge < -0.3 is 9.80 Å². The lowest BCUT2D eigenvalue weighted by molar-refractivity contribution is -0.104. The minimum absolute atomic E-state index is 0.302. The van der Waals surface area contributed by atoms with Gasteiger partial charge in [0.05, 0.1) is 5.69 Å². The Hall–Kier alpha value is -6.06. The van der Waals surface area contributed by atoms with E-state index in [0.717, 1.165) is 73.9 Å². The van der Waals surface area contributed by atoms with Crippen LogP contribution in [0.2, 0.25) is 0 Å². The van der Waals surface area contributed by atoms with E-state index in [2.05, 4.69) is 35.4 Å². The van der Waals surface area contributed by atoms with Gasteiger partial charge in [0.25, 0.3) is 0 Å². The highest BCUT2D eigenvalue weighted by Gasteiger charge is 2.58. The highest BCUT2D eigenvalue weighted by atomic mass is 19.3. The van der Waals surface area contributed by atoms with Crippen LogP contribution in [-0.4, -0.2) is 66.1 Å². The number of aromatic amines is 2. The summed E-state index contributed by atoms with van der Waals surface area (Å²) in [6.07, 6.45) is 2.71. The Labute approximate surface area is 275 Å². The molecule has 1 aliphatic heterocycles. The number of H-pyrrole nitrogens is 2. The van der Waals surface area contributed by atoms with Crippen molar-refractivity contribution in [2.24, 2.45) is 0 Å². The SMILES string of the molecule is C[C@](c1ccc(F)cc1F)(n1nn[nH]c1=O)C(F)(F)c1ccc(-c2ccc(N3CCN(c4ccc(-n5cn[nH]c5=O)cc4)CC3)cc2)cn1. The van der Waals surface area contributed by atoms with Gasteiger partial charge in [0.15, 0.2) is 5.54 Å². The van der Waals surface area contributed by atoms with E-state index in [0.29, 0.717) is 16.3 Å². The maximum absolute atomic E-state index is 16.3. The predicted molar refractivity (Wildman–Crippen MR) is 172 cm³/mol. The monoisotopic (exact) mass is 672 g/mol. The Morgan fingerprint density at radius 1 is 0.735 bits per heavy atom. The third-order valence-corrected chi connectivity index (χ3v) is 8.94. The highest BCUT2D eigenvalue weighted by molar-refractivity contribution is 5.66. The second kappa shape index (κ2) is 12.2. The number of tetrazole rings is 1. The lowest BCUT2D eigenvalue weighted by atomic mass is 9.83. The molecule has 3 aromatic heterocycles. The first kappa shape index (κ1) is 31.5. The summed E-state index contributed by atoms with van der Waals surface area (Å²) in [6, 6.07) is 20.1. The van der Waals surface area contributed by atoms with Crippen LogP contribution in [0.25, 0.3) is 16.8 Å². The molecule has 3 aromatic carbocycles. The first-order chi connectivity index (χ1) is 23.6. The highest BCUT2D eigenvalue weighted by Crippen LogP contribution is 2.47. The van der Waals surface area contributed by atoms with Gasteiger partial charge in [0.2, 0.25) is 0 Å². The number of nitrogens with zero attached hydrogens (tertiary/aromatic N) is 8. The molecule has 0 bridgehead atoms. The molecule has 0 aliphatic carbocycles. The van der Waals surface area contributed by atoms with Crippen LogP contribution in [0.3, 0.4) is 0 Å². The average Bonchev–Trinajstić information content (AvgIpc) is 3.76. The number of aromatic nitrogens is 8. The second-order valence-electron chi connectivity index (χ2n) is 11.7. The van der Waals surface area contributed by atoms with E-state index in [1.165, 1.54) is 23.2 Å². The molecule has 0 amide bonds. The second-order valence-corrected chi connectivity index (χ2v) is 11.7. The van der Waals surface area contributed by atoms with Crippen LogP contribution < -0.4 is 21.2 Å². The van der Waals surface area contributed by atoms with Crippen molar-refractivity contribution in [3.05, 3.63) is 135 Å². The lowest BCUT2D eigenvalue weighted by Crippen LogP contribution is -2.52. The van der Waals surface area contributed by atoms with Crippen molar-refractivity contribution >= 4 is 11.4 Å². The van der Waals surface area contributed by atoms with Crippen molar-refractivity contribution in [1.82, 2.24) is 40.0 Å². The van der Waals surface area contributed by atoms with E-state index in [-0.39, 0.29) is 5.69 Å². The van der Waals surface area contributed by atoms with Gasteiger partial charge in [0, 0.05) is 60.9 Å². The summed E-state index contributed by atoms with van der Waals surface area (Å²) in [5, 5.41) is 14.9. The number of piperazine rings is 1. The Morgan fingerprint density at radius 3 is 1.88 bits per heavy atom. The van der Waals surface area contributed by atoms with Crippen molar-refractivity contribution in [2.75, 3.05) is 36.0 Å². The molecule has 1 fully saturated rings. The zero-order chi connectivity index (χ0) is 34.3. The molecule has 1 aliphatic rings. The smallest absolute Gasteiger partial charge is 0.362 e.